The first-order valence-corrected chi connectivity index (χ1v) is 14.3. The normalized spacial score (nSPS) is 20.6. The molecule has 5 aromatic rings. The molecule has 15 nitrogen and oxygen atoms in total. The van der Waals surface area contributed by atoms with Crippen LogP contribution in [0.3, 0.4) is 0 Å². The maximum atomic E-state index is 13.6. The summed E-state index contributed by atoms with van der Waals surface area (Å²) in [5.74, 6) is -0.0283. The van der Waals surface area contributed by atoms with Gasteiger partial charge in [-0.15, -0.1) is 15.2 Å². The predicted molar refractivity (Wildman–Crippen MR) is 156 cm³/mol. The van der Waals surface area contributed by atoms with Gasteiger partial charge in [-0.2, -0.15) is 4.98 Å². The van der Waals surface area contributed by atoms with E-state index >= 15 is 0 Å². The molecular formula is C30H27N7O8. The molecule has 4 atom stereocenters. The Kier molecular flexibility index (Phi) is 7.52. The second-order valence-electron chi connectivity index (χ2n) is 10.5. The molecule has 0 amide bonds. The van der Waals surface area contributed by atoms with Crippen molar-refractivity contribution in [2.45, 2.75) is 37.9 Å². The summed E-state index contributed by atoms with van der Waals surface area (Å²) >= 11 is 0. The topological polar surface area (TPSA) is 179 Å². The number of carbonyl (C=O) groups excluding carboxylic acids is 1. The van der Waals surface area contributed by atoms with Crippen molar-refractivity contribution in [2.75, 3.05) is 19.8 Å². The molecule has 0 saturated carbocycles. The second-order valence-corrected chi connectivity index (χ2v) is 10.5. The summed E-state index contributed by atoms with van der Waals surface area (Å²) in [6.07, 6.45) is -3.03. The first-order valence-electron chi connectivity index (χ1n) is 14.3. The Hall–Kier alpha value is -5.41. The van der Waals surface area contributed by atoms with E-state index in [1.807, 2.05) is 60.0 Å². The number of nitrogens with zero attached hydrogens (tertiary/aromatic N) is 6. The van der Waals surface area contributed by atoms with E-state index in [4.69, 9.17) is 18.9 Å². The summed E-state index contributed by atoms with van der Waals surface area (Å²) in [6.45, 7) is 2.60. The van der Waals surface area contributed by atoms with Gasteiger partial charge < -0.3 is 23.8 Å². The van der Waals surface area contributed by atoms with Gasteiger partial charge in [-0.1, -0.05) is 54.6 Å². The van der Waals surface area contributed by atoms with Gasteiger partial charge in [0.1, 0.15) is 12.2 Å². The van der Waals surface area contributed by atoms with E-state index in [2.05, 4.69) is 30.4 Å². The van der Waals surface area contributed by atoms with Gasteiger partial charge in [0.15, 0.2) is 18.0 Å². The number of H-pyrrole nitrogens is 1. The van der Waals surface area contributed by atoms with Crippen LogP contribution in [0.5, 0.6) is 6.01 Å². The fourth-order valence-electron chi connectivity index (χ4n) is 5.83. The molecule has 0 spiro atoms. The van der Waals surface area contributed by atoms with Gasteiger partial charge in [-0.3, -0.25) is 4.57 Å². The lowest BCUT2D eigenvalue weighted by Gasteiger charge is -2.17. The smallest absolute Gasteiger partial charge is 0.340 e. The largest absolute Gasteiger partial charge is 0.465 e. The van der Waals surface area contributed by atoms with Crippen LogP contribution in [0.1, 0.15) is 22.8 Å². The zero-order valence-electron chi connectivity index (χ0n) is 23.9. The number of nitrogens with one attached hydrogen (secondary N) is 1. The van der Waals surface area contributed by atoms with E-state index in [1.165, 1.54) is 0 Å². The van der Waals surface area contributed by atoms with E-state index in [0.717, 1.165) is 22.3 Å². The number of esters is 1. The van der Waals surface area contributed by atoms with Gasteiger partial charge in [-0.25, -0.2) is 9.89 Å². The van der Waals surface area contributed by atoms with Crippen molar-refractivity contribution in [2.24, 2.45) is 0 Å². The van der Waals surface area contributed by atoms with E-state index < -0.39 is 35.5 Å². The Morgan fingerprint density at radius 2 is 1.78 bits per heavy atom. The third kappa shape index (κ3) is 5.42. The standard InChI is InChI=1S/C30H27N7O8/c1-2-41-30-31-22-9-5-8-21(29(38)44-23-15-42-27-24(45-37(39)40)16-43-26(23)27)25(22)36(30)14-17-10-12-18(13-11-17)19-6-3-4-7-20(19)28-32-34-35-33-28/h3-13,23-24,26-27H,2,14-16H2,1H3,(H,32,33,34,35)/t23-,24+,26+,27+/m0/s1. The molecule has 15 heteroatoms. The Balaban J connectivity index is 1.16. The highest BCUT2D eigenvalue weighted by molar-refractivity contribution is 6.02. The average Bonchev–Trinajstić information content (AvgIpc) is 3.85. The number of ether oxygens (including phenoxy) is 4. The van der Waals surface area contributed by atoms with Crippen molar-refractivity contribution >= 4 is 17.0 Å². The van der Waals surface area contributed by atoms with Crippen molar-refractivity contribution in [1.82, 2.24) is 30.2 Å². The molecular weight excluding hydrogens is 586 g/mol. The molecule has 2 saturated heterocycles. The van der Waals surface area contributed by atoms with Crippen molar-refractivity contribution in [3.63, 3.8) is 0 Å². The van der Waals surface area contributed by atoms with Crippen molar-refractivity contribution in [3.8, 4) is 28.5 Å². The van der Waals surface area contributed by atoms with Gasteiger partial charge in [0.25, 0.3) is 11.1 Å². The van der Waals surface area contributed by atoms with Gasteiger partial charge >= 0.3 is 5.97 Å². The maximum Gasteiger partial charge on any atom is 0.340 e. The highest BCUT2D eigenvalue weighted by Gasteiger charge is 2.51. The third-order valence-electron chi connectivity index (χ3n) is 7.80. The average molecular weight is 614 g/mol. The van der Waals surface area contributed by atoms with Gasteiger partial charge in [0, 0.05) is 5.56 Å². The minimum absolute atomic E-state index is 0.0283. The molecule has 0 unspecified atom stereocenters. The lowest BCUT2D eigenvalue weighted by Crippen LogP contribution is -2.35. The predicted octanol–water partition coefficient (Wildman–Crippen LogP) is 3.23. The number of carbonyl (C=O) groups is 1. The van der Waals surface area contributed by atoms with Crippen LogP contribution in [0, 0.1) is 10.1 Å². The maximum absolute atomic E-state index is 13.6. The molecule has 4 heterocycles. The Bertz CT molecular complexity index is 1840. The summed E-state index contributed by atoms with van der Waals surface area (Å²) in [4.78, 5) is 33.7. The van der Waals surface area contributed by atoms with Crippen LogP contribution in [0.25, 0.3) is 33.5 Å². The van der Waals surface area contributed by atoms with Crippen LogP contribution < -0.4 is 4.74 Å². The second kappa shape index (κ2) is 11.9. The number of aromatic amines is 1. The number of aromatic nitrogens is 6. The van der Waals surface area contributed by atoms with E-state index in [1.54, 1.807) is 18.2 Å². The lowest BCUT2D eigenvalue weighted by molar-refractivity contribution is -0.769. The monoisotopic (exact) mass is 613 g/mol. The molecule has 2 aromatic heterocycles. The molecule has 3 aromatic carbocycles. The van der Waals surface area contributed by atoms with Crippen LogP contribution in [0.2, 0.25) is 0 Å². The first-order chi connectivity index (χ1) is 22.0. The fourth-order valence-corrected chi connectivity index (χ4v) is 5.83. The number of benzene rings is 3. The van der Waals surface area contributed by atoms with Gasteiger partial charge in [-0.05, 0) is 46.2 Å². The Labute approximate surface area is 255 Å². The van der Waals surface area contributed by atoms with Crippen molar-refractivity contribution in [3.05, 3.63) is 88.0 Å². The summed E-state index contributed by atoms with van der Waals surface area (Å²) in [5.41, 5.74) is 5.18. The van der Waals surface area contributed by atoms with Crippen LogP contribution in [0.4, 0.5) is 0 Å². The summed E-state index contributed by atoms with van der Waals surface area (Å²) in [5, 5.41) is 24.2. The highest BCUT2D eigenvalue weighted by atomic mass is 17.0. The molecule has 230 valence electrons. The highest BCUT2D eigenvalue weighted by Crippen LogP contribution is 2.33. The minimum atomic E-state index is -0.883. The summed E-state index contributed by atoms with van der Waals surface area (Å²) in [6, 6.07) is 21.4. The van der Waals surface area contributed by atoms with Crippen molar-refractivity contribution in [1.29, 1.82) is 0 Å². The molecule has 0 radical (unpaired) electrons. The zero-order chi connectivity index (χ0) is 30.9. The van der Waals surface area contributed by atoms with Crippen LogP contribution in [0.15, 0.2) is 66.7 Å². The Morgan fingerprint density at radius 1 is 1.02 bits per heavy atom. The van der Waals surface area contributed by atoms with Gasteiger partial charge in [0.05, 0.1) is 43.0 Å². The van der Waals surface area contributed by atoms with E-state index in [9.17, 15) is 14.9 Å². The molecule has 0 aliphatic carbocycles. The number of para-hydroxylation sites is 1. The number of hydrogen-bond donors (Lipinski definition) is 1. The van der Waals surface area contributed by atoms with Crippen LogP contribution in [-0.4, -0.2) is 85.5 Å². The quantitative estimate of drug-likeness (QED) is 0.138. The lowest BCUT2D eigenvalue weighted by atomic mass is 9.98. The van der Waals surface area contributed by atoms with E-state index in [0.29, 0.717) is 36.0 Å². The number of hydrogen-bond acceptors (Lipinski definition) is 12. The molecule has 1 N–H and O–H groups in total. The van der Waals surface area contributed by atoms with Gasteiger partial charge in [0.2, 0.25) is 0 Å². The molecule has 2 fully saturated rings. The summed E-state index contributed by atoms with van der Waals surface area (Å²) < 4.78 is 24.9. The summed E-state index contributed by atoms with van der Waals surface area (Å²) in [7, 11) is 0. The number of tetrazole rings is 1. The number of rotatable bonds is 10. The third-order valence-corrected chi connectivity index (χ3v) is 7.80. The van der Waals surface area contributed by atoms with Crippen LogP contribution >= 0.6 is 0 Å². The number of fused-ring (bicyclic) bond motifs is 2. The molecule has 45 heavy (non-hydrogen) atoms. The molecule has 0 bridgehead atoms. The number of imidazole rings is 1. The molecule has 2 aliphatic rings. The first kappa shape index (κ1) is 28.4. The SMILES string of the molecule is CCOc1nc2cccc(C(=O)O[C@H]3CO[C@H]4[C@@H]3OC[C@H]4O[N+](=O)[O-])c2n1Cc1ccc(-c2ccccc2-c2nnn[nH]2)cc1. The minimum Gasteiger partial charge on any atom is -0.465 e. The molecule has 2 aliphatic heterocycles. The van der Waals surface area contributed by atoms with E-state index in [-0.39, 0.29) is 18.8 Å². The Morgan fingerprint density at radius 3 is 2.51 bits per heavy atom. The fraction of sp³-hybridized carbons (Fsp3) is 0.300. The van der Waals surface area contributed by atoms with Crippen molar-refractivity contribution < 1.29 is 33.7 Å². The van der Waals surface area contributed by atoms with Crippen LogP contribution in [-0.2, 0) is 25.6 Å². The molecule has 7 rings (SSSR count). The zero-order valence-corrected chi connectivity index (χ0v) is 23.9.